The highest BCUT2D eigenvalue weighted by Gasteiger charge is 2.43. The Kier molecular flexibility index (Phi) is 5.38. The van der Waals surface area contributed by atoms with Crippen LogP contribution in [0, 0.1) is 0 Å². The van der Waals surface area contributed by atoms with Gasteiger partial charge in [-0.05, 0) is 35.9 Å². The van der Waals surface area contributed by atoms with Gasteiger partial charge in [0.1, 0.15) is 0 Å². The number of carbonyl (C=O) groups is 1. The summed E-state index contributed by atoms with van der Waals surface area (Å²) in [4.78, 5) is 13.2. The number of rotatable bonds is 4. The largest absolute Gasteiger partial charge is 0.493 e. The number of fused-ring (bicyclic) bond motifs is 2. The molecular weight excluding hydrogens is 482 g/mol. The fourth-order valence-electron chi connectivity index (χ4n) is 4.06. The summed E-state index contributed by atoms with van der Waals surface area (Å²) in [5, 5.41) is 0.148. The van der Waals surface area contributed by atoms with Gasteiger partial charge in [-0.25, -0.2) is 17.5 Å². The molecule has 3 aromatic rings. The molecule has 0 radical (unpaired) electrons. The lowest BCUT2D eigenvalue weighted by molar-refractivity contribution is -0.136. The average molecular weight is 500 g/mol. The highest BCUT2D eigenvalue weighted by Crippen LogP contribution is 2.49. The fourth-order valence-corrected chi connectivity index (χ4v) is 6.05. The molecule has 0 atom stereocenters. The maximum atomic E-state index is 13.8. The molecule has 0 spiro atoms. The molecule has 174 valence electrons. The number of ether oxygens (including phenoxy) is 4. The van der Waals surface area contributed by atoms with Crippen molar-refractivity contribution in [1.82, 2.24) is 0 Å². The molecule has 2 aliphatic heterocycles. The van der Waals surface area contributed by atoms with Crippen molar-refractivity contribution in [2.45, 2.75) is 4.90 Å². The minimum absolute atomic E-state index is 0.00852. The van der Waals surface area contributed by atoms with Gasteiger partial charge in [-0.2, -0.15) is 0 Å². The quantitative estimate of drug-likeness (QED) is 0.496. The minimum atomic E-state index is -4.23. The zero-order valence-electron chi connectivity index (χ0n) is 18.1. The Balaban J connectivity index is 1.92. The Bertz CT molecular complexity index is 1470. The van der Waals surface area contributed by atoms with Gasteiger partial charge in [0, 0.05) is 11.1 Å². The van der Waals surface area contributed by atoms with Crippen LogP contribution >= 0.6 is 11.6 Å². The molecule has 34 heavy (non-hydrogen) atoms. The smallest absolute Gasteiger partial charge is 0.356 e. The molecule has 5 rings (SSSR count). The Morgan fingerprint density at radius 1 is 1.03 bits per heavy atom. The second-order valence-electron chi connectivity index (χ2n) is 7.34. The maximum absolute atomic E-state index is 13.8. The number of anilines is 1. The van der Waals surface area contributed by atoms with Crippen LogP contribution in [0.1, 0.15) is 11.1 Å². The molecule has 0 unspecified atom stereocenters. The number of nitrogens with zero attached hydrogens (tertiary/aromatic N) is 1. The summed E-state index contributed by atoms with van der Waals surface area (Å²) < 4.78 is 50.2. The second kappa shape index (κ2) is 8.27. The van der Waals surface area contributed by atoms with Gasteiger partial charge in [0.25, 0.3) is 10.0 Å². The van der Waals surface area contributed by atoms with E-state index in [0.29, 0.717) is 33.9 Å². The van der Waals surface area contributed by atoms with Crippen molar-refractivity contribution in [3.8, 4) is 17.2 Å². The van der Waals surface area contributed by atoms with E-state index in [0.717, 1.165) is 4.31 Å². The summed E-state index contributed by atoms with van der Waals surface area (Å²) in [6.07, 6.45) is 0. The van der Waals surface area contributed by atoms with Gasteiger partial charge in [0.15, 0.2) is 17.2 Å². The lowest BCUT2D eigenvalue weighted by Gasteiger charge is -2.33. The van der Waals surface area contributed by atoms with E-state index in [4.69, 9.17) is 30.5 Å². The van der Waals surface area contributed by atoms with Crippen molar-refractivity contribution >= 4 is 38.9 Å². The summed E-state index contributed by atoms with van der Waals surface area (Å²) in [5.41, 5.74) is 1.02. The molecule has 10 heteroatoms. The van der Waals surface area contributed by atoms with Crippen molar-refractivity contribution in [3.05, 3.63) is 82.5 Å². The summed E-state index contributed by atoms with van der Waals surface area (Å²) in [7, 11) is -1.56. The van der Waals surface area contributed by atoms with E-state index in [1.165, 1.54) is 26.4 Å². The number of carbonyl (C=O) groups excluding carboxylic acids is 1. The number of esters is 1. The van der Waals surface area contributed by atoms with Gasteiger partial charge in [0.2, 0.25) is 12.5 Å². The van der Waals surface area contributed by atoms with E-state index in [-0.39, 0.29) is 28.1 Å². The molecule has 0 saturated heterocycles. The molecule has 0 saturated carbocycles. The topological polar surface area (TPSA) is 91.4 Å². The number of halogens is 1. The van der Waals surface area contributed by atoms with Gasteiger partial charge in [0.05, 0.1) is 29.8 Å². The molecule has 8 nitrogen and oxygen atoms in total. The third-order valence-corrected chi connectivity index (χ3v) is 7.60. The van der Waals surface area contributed by atoms with Gasteiger partial charge in [-0.15, -0.1) is 0 Å². The van der Waals surface area contributed by atoms with E-state index in [1.54, 1.807) is 48.5 Å². The van der Waals surface area contributed by atoms with Crippen molar-refractivity contribution < 1.29 is 32.2 Å². The number of hydrogen-bond acceptors (Lipinski definition) is 7. The Labute approximate surface area is 200 Å². The highest BCUT2D eigenvalue weighted by molar-refractivity contribution is 7.93. The monoisotopic (exact) mass is 499 g/mol. The highest BCUT2D eigenvalue weighted by atomic mass is 35.5. The molecule has 0 N–H and O–H groups in total. The van der Waals surface area contributed by atoms with Crippen LogP contribution in [0.25, 0.3) is 5.57 Å². The normalized spacial score (nSPS) is 15.7. The van der Waals surface area contributed by atoms with Crippen LogP contribution in [-0.2, 0) is 19.6 Å². The summed E-state index contributed by atoms with van der Waals surface area (Å²) >= 11 is 6.41. The molecule has 0 bridgehead atoms. The standard InChI is InChI=1S/C24H18ClNO7S/c1-30-18-11-14(12-19-23(18)33-13-32-19)21-15-7-3-6-10-20(15)34(28,29)26(22(21)24(27)31-2)17-9-5-4-8-16(17)25/h3-12H,13H2,1-2H3. The summed E-state index contributed by atoms with van der Waals surface area (Å²) in [6, 6.07) is 16.1. The van der Waals surface area contributed by atoms with Crippen molar-refractivity contribution in [3.63, 3.8) is 0 Å². The first kappa shape index (κ1) is 22.1. The Morgan fingerprint density at radius 2 is 1.76 bits per heavy atom. The predicted octanol–water partition coefficient (Wildman–Crippen LogP) is 4.22. The number of benzene rings is 3. The van der Waals surface area contributed by atoms with Gasteiger partial charge < -0.3 is 18.9 Å². The van der Waals surface area contributed by atoms with E-state index in [2.05, 4.69) is 0 Å². The number of sulfonamides is 1. The predicted molar refractivity (Wildman–Crippen MR) is 125 cm³/mol. The molecule has 0 aromatic heterocycles. The maximum Gasteiger partial charge on any atom is 0.356 e. The van der Waals surface area contributed by atoms with E-state index >= 15 is 0 Å². The van der Waals surface area contributed by atoms with E-state index < -0.39 is 16.0 Å². The lowest BCUT2D eigenvalue weighted by Crippen LogP contribution is -2.39. The van der Waals surface area contributed by atoms with Gasteiger partial charge in [-0.1, -0.05) is 41.9 Å². The zero-order chi connectivity index (χ0) is 24.0. The zero-order valence-corrected chi connectivity index (χ0v) is 19.6. The molecule has 0 fully saturated rings. The minimum Gasteiger partial charge on any atom is -0.493 e. The number of methoxy groups -OCH3 is 2. The van der Waals surface area contributed by atoms with E-state index in [9.17, 15) is 13.2 Å². The third kappa shape index (κ3) is 3.27. The van der Waals surface area contributed by atoms with Crippen LogP contribution in [0.2, 0.25) is 5.02 Å². The molecule has 2 aliphatic rings. The van der Waals surface area contributed by atoms with Crippen molar-refractivity contribution in [2.24, 2.45) is 0 Å². The van der Waals surface area contributed by atoms with Crippen LogP contribution < -0.4 is 18.5 Å². The van der Waals surface area contributed by atoms with E-state index in [1.807, 2.05) is 0 Å². The van der Waals surface area contributed by atoms with Crippen LogP contribution in [0.5, 0.6) is 17.2 Å². The number of hydrogen-bond donors (Lipinski definition) is 0. The molecule has 0 amide bonds. The first-order chi connectivity index (χ1) is 16.4. The molecular formula is C24H18ClNO7S. The molecule has 0 aliphatic carbocycles. The number of para-hydroxylation sites is 1. The molecule has 3 aromatic carbocycles. The Morgan fingerprint density at radius 3 is 2.50 bits per heavy atom. The van der Waals surface area contributed by atoms with Crippen molar-refractivity contribution in [2.75, 3.05) is 25.3 Å². The van der Waals surface area contributed by atoms with Gasteiger partial charge in [-0.3, -0.25) is 0 Å². The fraction of sp³-hybridized carbons (Fsp3) is 0.125. The first-order valence-corrected chi connectivity index (χ1v) is 11.9. The lowest BCUT2D eigenvalue weighted by atomic mass is 9.94. The summed E-state index contributed by atoms with van der Waals surface area (Å²) in [5.74, 6) is 0.342. The SMILES string of the molecule is COC(=O)C1=C(c2cc(OC)c3c(c2)OCO3)c2ccccc2S(=O)(=O)N1c1ccccc1Cl. The van der Waals surface area contributed by atoms with Crippen LogP contribution in [0.3, 0.4) is 0 Å². The van der Waals surface area contributed by atoms with Crippen LogP contribution in [-0.4, -0.2) is 35.4 Å². The molecule has 2 heterocycles. The second-order valence-corrected chi connectivity index (χ2v) is 9.51. The van der Waals surface area contributed by atoms with Gasteiger partial charge >= 0.3 is 5.97 Å². The van der Waals surface area contributed by atoms with Crippen LogP contribution in [0.15, 0.2) is 71.3 Å². The first-order valence-electron chi connectivity index (χ1n) is 10.1. The summed E-state index contributed by atoms with van der Waals surface area (Å²) in [6.45, 7) is 0.00870. The van der Waals surface area contributed by atoms with Crippen molar-refractivity contribution in [1.29, 1.82) is 0 Å². The Hall–Kier alpha value is -3.69. The van der Waals surface area contributed by atoms with Crippen LogP contribution in [0.4, 0.5) is 5.69 Å². The third-order valence-electron chi connectivity index (χ3n) is 5.51. The average Bonchev–Trinajstić information content (AvgIpc) is 3.32.